The third-order valence-corrected chi connectivity index (χ3v) is 4.82. The van der Waals surface area contributed by atoms with Gasteiger partial charge < -0.3 is 14.7 Å². The topological polar surface area (TPSA) is 68.1 Å². The number of oxime groups is 1. The van der Waals surface area contributed by atoms with Crippen molar-refractivity contribution in [3.8, 4) is 5.75 Å². The molecular weight excluding hydrogens is 314 g/mol. The zero-order valence-electron chi connectivity index (χ0n) is 13.3. The minimum Gasteiger partial charge on any atom is -0.497 e. The van der Waals surface area contributed by atoms with Crippen LogP contribution < -0.4 is 4.74 Å². The smallest absolute Gasteiger partial charge is 0.307 e. The number of nitrogens with zero attached hydrogens (tertiary/aromatic N) is 1. The largest absolute Gasteiger partial charge is 0.497 e. The van der Waals surface area contributed by atoms with Crippen LogP contribution in [0.2, 0.25) is 0 Å². The first kappa shape index (κ1) is 17.1. The molecule has 0 fully saturated rings. The number of carbonyl (C=O) groups is 1. The van der Waals surface area contributed by atoms with E-state index in [1.54, 1.807) is 14.0 Å². The van der Waals surface area contributed by atoms with Crippen LogP contribution in [0.15, 0.2) is 46.4 Å². The average Bonchev–Trinajstić information content (AvgIpc) is 2.59. The molecule has 0 aromatic heterocycles. The molecule has 0 heterocycles. The maximum Gasteiger partial charge on any atom is 0.307 e. The van der Waals surface area contributed by atoms with Gasteiger partial charge in [0.05, 0.1) is 31.6 Å². The van der Waals surface area contributed by atoms with Gasteiger partial charge in [-0.3, -0.25) is 4.79 Å². The lowest BCUT2D eigenvalue weighted by atomic mass is 10.1. The van der Waals surface area contributed by atoms with Gasteiger partial charge in [-0.25, -0.2) is 0 Å². The summed E-state index contributed by atoms with van der Waals surface area (Å²) in [5.74, 6) is 0.473. The highest BCUT2D eigenvalue weighted by molar-refractivity contribution is 8.00. The van der Waals surface area contributed by atoms with Gasteiger partial charge in [0.15, 0.2) is 0 Å². The van der Waals surface area contributed by atoms with Gasteiger partial charge in [0, 0.05) is 4.90 Å². The van der Waals surface area contributed by atoms with Crippen LogP contribution in [-0.2, 0) is 9.53 Å². The van der Waals surface area contributed by atoms with Crippen LogP contribution in [0.1, 0.15) is 13.3 Å². The van der Waals surface area contributed by atoms with E-state index in [1.165, 1.54) is 18.9 Å². The summed E-state index contributed by atoms with van der Waals surface area (Å²) in [6.07, 6.45) is 0.151. The van der Waals surface area contributed by atoms with Gasteiger partial charge in [-0.05, 0) is 42.0 Å². The van der Waals surface area contributed by atoms with Crippen LogP contribution in [0.4, 0.5) is 0 Å². The van der Waals surface area contributed by atoms with E-state index in [2.05, 4.69) is 5.16 Å². The minimum atomic E-state index is -0.337. The summed E-state index contributed by atoms with van der Waals surface area (Å²) in [6.45, 7) is 1.69. The third-order valence-electron chi connectivity index (χ3n) is 3.50. The molecule has 0 saturated carbocycles. The summed E-state index contributed by atoms with van der Waals surface area (Å²) in [5.41, 5.74) is 0.482. The van der Waals surface area contributed by atoms with Crippen molar-refractivity contribution in [2.24, 2.45) is 5.16 Å². The predicted octanol–water partition coefficient (Wildman–Crippen LogP) is 3.72. The van der Waals surface area contributed by atoms with Gasteiger partial charge in [0.25, 0.3) is 0 Å². The number of hydrogen-bond donors (Lipinski definition) is 1. The van der Waals surface area contributed by atoms with E-state index in [-0.39, 0.29) is 17.6 Å². The molecule has 0 aliphatic carbocycles. The Labute approximate surface area is 139 Å². The Kier molecular flexibility index (Phi) is 5.87. The normalized spacial score (nSPS) is 12.9. The van der Waals surface area contributed by atoms with E-state index in [4.69, 9.17) is 14.7 Å². The Balaban J connectivity index is 2.25. The fourth-order valence-electron chi connectivity index (χ4n) is 2.14. The number of hydrogen-bond acceptors (Lipinski definition) is 6. The molecule has 23 heavy (non-hydrogen) atoms. The second-order valence-corrected chi connectivity index (χ2v) is 6.28. The third kappa shape index (κ3) is 4.39. The maximum atomic E-state index is 11.5. The Morgan fingerprint density at radius 3 is 2.57 bits per heavy atom. The highest BCUT2D eigenvalue weighted by atomic mass is 32.2. The first-order valence-corrected chi connectivity index (χ1v) is 7.95. The molecule has 6 heteroatoms. The fourth-order valence-corrected chi connectivity index (χ4v) is 3.25. The minimum absolute atomic E-state index is 0.151. The zero-order valence-corrected chi connectivity index (χ0v) is 14.1. The van der Waals surface area contributed by atoms with Crippen LogP contribution in [-0.4, -0.2) is 36.4 Å². The standard InChI is InChI=1S/C17H19NO4S/c1-11(18-20)16(10-17(19)22-3)23-15-7-5-12-8-14(21-2)6-4-13(12)9-15/h4-9,16,20H,10H2,1-3H3/b18-11+. The molecule has 0 bridgehead atoms. The second kappa shape index (κ2) is 7.87. The molecule has 0 radical (unpaired) electrons. The monoisotopic (exact) mass is 333 g/mol. The number of ether oxygens (including phenoxy) is 2. The highest BCUT2D eigenvalue weighted by Gasteiger charge is 2.19. The van der Waals surface area contributed by atoms with Crippen molar-refractivity contribution in [2.75, 3.05) is 14.2 Å². The van der Waals surface area contributed by atoms with Gasteiger partial charge in [-0.2, -0.15) is 0 Å². The lowest BCUT2D eigenvalue weighted by Crippen LogP contribution is -2.19. The van der Waals surface area contributed by atoms with Crippen LogP contribution in [0.5, 0.6) is 5.75 Å². The Bertz CT molecular complexity index is 730. The highest BCUT2D eigenvalue weighted by Crippen LogP contribution is 2.31. The van der Waals surface area contributed by atoms with E-state index < -0.39 is 0 Å². The van der Waals surface area contributed by atoms with Gasteiger partial charge in [-0.15, -0.1) is 11.8 Å². The molecule has 0 spiro atoms. The molecule has 1 atom stereocenters. The summed E-state index contributed by atoms with van der Waals surface area (Å²) >= 11 is 1.47. The van der Waals surface area contributed by atoms with Gasteiger partial charge >= 0.3 is 5.97 Å². The molecular formula is C17H19NO4S. The number of fused-ring (bicyclic) bond motifs is 1. The fraction of sp³-hybridized carbons (Fsp3) is 0.294. The number of esters is 1. The lowest BCUT2D eigenvalue weighted by Gasteiger charge is -2.14. The van der Waals surface area contributed by atoms with Crippen molar-refractivity contribution in [2.45, 2.75) is 23.5 Å². The van der Waals surface area contributed by atoms with Crippen LogP contribution >= 0.6 is 11.8 Å². The molecule has 122 valence electrons. The molecule has 0 saturated heterocycles. The first-order chi connectivity index (χ1) is 11.1. The van der Waals surface area contributed by atoms with Crippen molar-refractivity contribution < 1.29 is 19.5 Å². The van der Waals surface area contributed by atoms with E-state index in [0.29, 0.717) is 5.71 Å². The predicted molar refractivity (Wildman–Crippen MR) is 91.7 cm³/mol. The number of thioether (sulfide) groups is 1. The molecule has 1 N–H and O–H groups in total. The second-order valence-electron chi connectivity index (χ2n) is 5.00. The van der Waals surface area contributed by atoms with Crippen molar-refractivity contribution in [1.82, 2.24) is 0 Å². The van der Waals surface area contributed by atoms with E-state index >= 15 is 0 Å². The molecule has 2 aromatic carbocycles. The van der Waals surface area contributed by atoms with Crippen LogP contribution in [0.3, 0.4) is 0 Å². The Morgan fingerprint density at radius 1 is 1.22 bits per heavy atom. The van der Waals surface area contributed by atoms with Crippen LogP contribution in [0, 0.1) is 0 Å². The number of benzene rings is 2. The molecule has 0 amide bonds. The van der Waals surface area contributed by atoms with Crippen molar-refractivity contribution in [1.29, 1.82) is 0 Å². The maximum absolute atomic E-state index is 11.5. The molecule has 2 aromatic rings. The van der Waals surface area contributed by atoms with Gasteiger partial charge in [0.1, 0.15) is 5.75 Å². The average molecular weight is 333 g/mol. The molecule has 5 nitrogen and oxygen atoms in total. The number of methoxy groups -OCH3 is 2. The van der Waals surface area contributed by atoms with E-state index in [9.17, 15) is 4.79 Å². The number of rotatable bonds is 6. The van der Waals surface area contributed by atoms with E-state index in [1.807, 2.05) is 36.4 Å². The van der Waals surface area contributed by atoms with Gasteiger partial charge in [-0.1, -0.05) is 17.3 Å². The summed E-state index contributed by atoms with van der Waals surface area (Å²) < 4.78 is 9.93. The van der Waals surface area contributed by atoms with Gasteiger partial charge in [0.2, 0.25) is 0 Å². The molecule has 2 rings (SSSR count). The van der Waals surface area contributed by atoms with E-state index in [0.717, 1.165) is 21.4 Å². The SMILES string of the molecule is COC(=O)CC(Sc1ccc2cc(OC)ccc2c1)/C(C)=N/O. The van der Waals surface area contributed by atoms with Crippen molar-refractivity contribution >= 4 is 34.2 Å². The molecule has 0 aliphatic heterocycles. The van der Waals surface area contributed by atoms with Crippen LogP contribution in [0.25, 0.3) is 10.8 Å². The number of carbonyl (C=O) groups excluding carboxylic acids is 1. The Hall–Kier alpha value is -2.21. The summed E-state index contributed by atoms with van der Waals surface area (Å²) in [4.78, 5) is 12.5. The zero-order chi connectivity index (χ0) is 16.8. The summed E-state index contributed by atoms with van der Waals surface area (Å²) in [5, 5.41) is 14.1. The summed E-state index contributed by atoms with van der Waals surface area (Å²) in [6, 6.07) is 11.9. The summed E-state index contributed by atoms with van der Waals surface area (Å²) in [7, 11) is 2.98. The van der Waals surface area contributed by atoms with Crippen molar-refractivity contribution in [3.63, 3.8) is 0 Å². The quantitative estimate of drug-likeness (QED) is 0.287. The molecule has 0 aliphatic rings. The molecule has 1 unspecified atom stereocenters. The Morgan fingerprint density at radius 2 is 1.91 bits per heavy atom. The lowest BCUT2D eigenvalue weighted by molar-refractivity contribution is -0.140. The first-order valence-electron chi connectivity index (χ1n) is 7.07. The van der Waals surface area contributed by atoms with Crippen molar-refractivity contribution in [3.05, 3.63) is 36.4 Å².